The van der Waals surface area contributed by atoms with E-state index in [1.807, 2.05) is 30.3 Å². The molecular weight excluding hydrogens is 320 g/mol. The Morgan fingerprint density at radius 1 is 0.955 bits per heavy atom. The molecular formula is C16H21ClN2O2S. The highest BCUT2D eigenvalue weighted by atomic mass is 35.5. The van der Waals surface area contributed by atoms with Gasteiger partial charge < -0.3 is 5.73 Å². The van der Waals surface area contributed by atoms with E-state index >= 15 is 0 Å². The lowest BCUT2D eigenvalue weighted by atomic mass is 10.1. The molecule has 0 atom stereocenters. The van der Waals surface area contributed by atoms with Gasteiger partial charge in [-0.15, -0.1) is 12.4 Å². The van der Waals surface area contributed by atoms with Gasteiger partial charge in [0.15, 0.2) is 0 Å². The van der Waals surface area contributed by atoms with Crippen molar-refractivity contribution in [3.63, 3.8) is 0 Å². The first-order chi connectivity index (χ1) is 9.78. The molecule has 2 rings (SSSR count). The molecule has 4 nitrogen and oxygen atoms in total. The zero-order valence-corrected chi connectivity index (χ0v) is 14.2. The van der Waals surface area contributed by atoms with Crippen molar-refractivity contribution in [3.8, 4) is 11.1 Å². The molecule has 0 saturated carbocycles. The maximum absolute atomic E-state index is 12.2. The Bertz CT molecular complexity index is 693. The molecule has 0 radical (unpaired) electrons. The van der Waals surface area contributed by atoms with E-state index in [0.717, 1.165) is 11.1 Å². The van der Waals surface area contributed by atoms with Crippen LogP contribution in [0.1, 0.15) is 13.8 Å². The molecule has 2 aromatic carbocycles. The summed E-state index contributed by atoms with van der Waals surface area (Å²) >= 11 is 0. The number of hydrogen-bond donors (Lipinski definition) is 2. The number of halogens is 1. The summed E-state index contributed by atoms with van der Waals surface area (Å²) in [5, 5.41) is 0. The van der Waals surface area contributed by atoms with Crippen molar-refractivity contribution in [2.75, 3.05) is 6.54 Å². The average Bonchev–Trinajstić information content (AvgIpc) is 2.46. The largest absolute Gasteiger partial charge is 0.324 e. The molecule has 0 amide bonds. The molecule has 0 unspecified atom stereocenters. The van der Waals surface area contributed by atoms with E-state index in [-0.39, 0.29) is 23.8 Å². The van der Waals surface area contributed by atoms with Crippen LogP contribution in [0, 0.1) is 0 Å². The lowest BCUT2D eigenvalue weighted by Gasteiger charge is -2.19. The maximum atomic E-state index is 12.2. The van der Waals surface area contributed by atoms with Crippen LogP contribution in [0.3, 0.4) is 0 Å². The van der Waals surface area contributed by atoms with Crippen LogP contribution in [0.15, 0.2) is 59.5 Å². The molecule has 0 heterocycles. The van der Waals surface area contributed by atoms with Crippen LogP contribution >= 0.6 is 12.4 Å². The fourth-order valence-electron chi connectivity index (χ4n) is 1.82. The molecule has 0 bridgehead atoms. The number of nitrogens with two attached hydrogens (primary N) is 1. The minimum absolute atomic E-state index is 0. The first-order valence-corrected chi connectivity index (χ1v) is 8.20. The molecule has 0 aliphatic carbocycles. The van der Waals surface area contributed by atoms with E-state index in [0.29, 0.717) is 0 Å². The summed E-state index contributed by atoms with van der Waals surface area (Å²) in [5.41, 5.74) is 7.24. The Morgan fingerprint density at radius 3 is 1.95 bits per heavy atom. The van der Waals surface area contributed by atoms with Gasteiger partial charge in [0.2, 0.25) is 10.0 Å². The third kappa shape index (κ3) is 5.10. The highest BCUT2D eigenvalue weighted by Crippen LogP contribution is 2.20. The first kappa shape index (κ1) is 18.6. The summed E-state index contributed by atoms with van der Waals surface area (Å²) in [7, 11) is -3.52. The van der Waals surface area contributed by atoms with Crippen molar-refractivity contribution in [3.05, 3.63) is 54.6 Å². The van der Waals surface area contributed by atoms with Crippen LogP contribution < -0.4 is 10.5 Å². The van der Waals surface area contributed by atoms with Gasteiger partial charge >= 0.3 is 0 Å². The molecule has 0 saturated heterocycles. The van der Waals surface area contributed by atoms with Crippen LogP contribution in [0.5, 0.6) is 0 Å². The molecule has 2 aromatic rings. The summed E-state index contributed by atoms with van der Waals surface area (Å²) in [6, 6.07) is 16.6. The average molecular weight is 341 g/mol. The highest BCUT2D eigenvalue weighted by Gasteiger charge is 2.18. The molecule has 0 aliphatic heterocycles. The van der Waals surface area contributed by atoms with Gasteiger partial charge in [0.25, 0.3) is 0 Å². The minimum atomic E-state index is -3.52. The fourth-order valence-corrected chi connectivity index (χ4v) is 3.04. The summed E-state index contributed by atoms with van der Waals surface area (Å²) < 4.78 is 26.8. The van der Waals surface area contributed by atoms with Gasteiger partial charge in [-0.1, -0.05) is 42.5 Å². The highest BCUT2D eigenvalue weighted by molar-refractivity contribution is 7.89. The number of hydrogen-bond acceptors (Lipinski definition) is 3. The molecule has 0 spiro atoms. The maximum Gasteiger partial charge on any atom is 0.240 e. The van der Waals surface area contributed by atoms with Gasteiger partial charge in [0, 0.05) is 12.1 Å². The first-order valence-electron chi connectivity index (χ1n) is 6.72. The predicted octanol–water partition coefficient (Wildman–Crippen LogP) is 2.79. The van der Waals surface area contributed by atoms with E-state index in [1.165, 1.54) is 0 Å². The van der Waals surface area contributed by atoms with Crippen molar-refractivity contribution < 1.29 is 8.42 Å². The molecule has 0 aromatic heterocycles. The van der Waals surface area contributed by atoms with Crippen LogP contribution in [0.25, 0.3) is 11.1 Å². The third-order valence-corrected chi connectivity index (χ3v) is 4.41. The second kappa shape index (κ2) is 7.24. The van der Waals surface area contributed by atoms with Crippen molar-refractivity contribution in [1.82, 2.24) is 4.72 Å². The van der Waals surface area contributed by atoms with Crippen molar-refractivity contribution >= 4 is 22.4 Å². The third-order valence-electron chi connectivity index (χ3n) is 2.99. The second-order valence-electron chi connectivity index (χ2n) is 5.70. The monoisotopic (exact) mass is 340 g/mol. The predicted molar refractivity (Wildman–Crippen MR) is 92.6 cm³/mol. The molecule has 6 heteroatoms. The Hall–Kier alpha value is -1.40. The van der Waals surface area contributed by atoms with Gasteiger partial charge in [-0.3, -0.25) is 0 Å². The lowest BCUT2D eigenvalue weighted by Crippen LogP contribution is -2.45. The number of benzene rings is 2. The van der Waals surface area contributed by atoms with Crippen LogP contribution in [-0.4, -0.2) is 20.5 Å². The number of sulfonamides is 1. The molecule has 120 valence electrons. The van der Waals surface area contributed by atoms with E-state index in [2.05, 4.69) is 4.72 Å². The Kier molecular flexibility index (Phi) is 6.14. The standard InChI is InChI=1S/C16H20N2O2S.ClH/c1-16(2,17)12-18-21(19,20)15-10-8-14(9-11-15)13-6-4-3-5-7-13;/h3-11,18H,12,17H2,1-2H3;1H. The molecule has 22 heavy (non-hydrogen) atoms. The fraction of sp³-hybridized carbons (Fsp3) is 0.250. The van der Waals surface area contributed by atoms with Gasteiger partial charge in [-0.05, 0) is 37.1 Å². The summed E-state index contributed by atoms with van der Waals surface area (Å²) in [4.78, 5) is 0.242. The Morgan fingerprint density at radius 2 is 1.45 bits per heavy atom. The summed E-state index contributed by atoms with van der Waals surface area (Å²) in [6.45, 7) is 3.73. The molecule has 0 fully saturated rings. The second-order valence-corrected chi connectivity index (χ2v) is 7.47. The smallest absolute Gasteiger partial charge is 0.240 e. The van der Waals surface area contributed by atoms with Crippen LogP contribution in [0.2, 0.25) is 0 Å². The van der Waals surface area contributed by atoms with Crippen LogP contribution in [0.4, 0.5) is 0 Å². The summed E-state index contributed by atoms with van der Waals surface area (Å²) in [5.74, 6) is 0. The number of rotatable bonds is 5. The Balaban J connectivity index is 0.00000242. The summed E-state index contributed by atoms with van der Waals surface area (Å²) in [6.07, 6.45) is 0. The molecule has 0 aliphatic rings. The van der Waals surface area contributed by atoms with Gasteiger partial charge in [0.1, 0.15) is 0 Å². The van der Waals surface area contributed by atoms with Crippen molar-refractivity contribution in [1.29, 1.82) is 0 Å². The van der Waals surface area contributed by atoms with E-state index in [4.69, 9.17) is 5.73 Å². The van der Waals surface area contributed by atoms with E-state index in [9.17, 15) is 8.42 Å². The Labute approximate surface area is 138 Å². The quantitative estimate of drug-likeness (QED) is 0.879. The molecule has 3 N–H and O–H groups in total. The SMILES string of the molecule is CC(C)(N)CNS(=O)(=O)c1ccc(-c2ccccc2)cc1.Cl. The van der Waals surface area contributed by atoms with Crippen LogP contribution in [-0.2, 0) is 10.0 Å². The number of nitrogens with one attached hydrogen (secondary N) is 1. The van der Waals surface area contributed by atoms with Gasteiger partial charge in [-0.2, -0.15) is 0 Å². The normalized spacial score (nSPS) is 11.8. The van der Waals surface area contributed by atoms with Crippen molar-refractivity contribution in [2.45, 2.75) is 24.3 Å². The minimum Gasteiger partial charge on any atom is -0.324 e. The zero-order valence-electron chi connectivity index (χ0n) is 12.6. The zero-order chi connectivity index (χ0) is 15.5. The van der Waals surface area contributed by atoms with E-state index in [1.54, 1.807) is 38.1 Å². The van der Waals surface area contributed by atoms with Gasteiger partial charge in [-0.25, -0.2) is 13.1 Å². The van der Waals surface area contributed by atoms with Crippen molar-refractivity contribution in [2.24, 2.45) is 5.73 Å². The van der Waals surface area contributed by atoms with Gasteiger partial charge in [0.05, 0.1) is 4.90 Å². The lowest BCUT2D eigenvalue weighted by molar-refractivity contribution is 0.498. The topological polar surface area (TPSA) is 72.2 Å². The van der Waals surface area contributed by atoms with E-state index < -0.39 is 15.6 Å².